The SMILES string of the molecule is CCOC(=O)[C@]12CC(=O)[C@@H]3CC(Oc4nc5cc(OC)ccc5nc4-c4csc(NC=O)n4)CN3C(=O)[C@@H](NC(=O)OC(C)(C)C)CCCCC/C=C\C1C2. The third kappa shape index (κ3) is 9.23. The van der Waals surface area contributed by atoms with Crippen LogP contribution in [0.2, 0.25) is 0 Å². The Morgan fingerprint density at radius 3 is 2.67 bits per heavy atom. The second-order valence-corrected chi connectivity index (χ2v) is 16.0. The van der Waals surface area contributed by atoms with E-state index in [4.69, 9.17) is 28.9 Å². The zero-order chi connectivity index (χ0) is 39.3. The molecule has 2 aliphatic heterocycles. The molecule has 294 valence electrons. The van der Waals surface area contributed by atoms with Gasteiger partial charge in [0.05, 0.1) is 42.8 Å². The summed E-state index contributed by atoms with van der Waals surface area (Å²) in [6.07, 6.45) is 7.03. The highest BCUT2D eigenvalue weighted by molar-refractivity contribution is 7.14. The molecule has 2 aromatic heterocycles. The van der Waals surface area contributed by atoms with Crippen molar-refractivity contribution in [1.82, 2.24) is 25.2 Å². The van der Waals surface area contributed by atoms with Gasteiger partial charge in [0.25, 0.3) is 0 Å². The lowest BCUT2D eigenvalue weighted by molar-refractivity contribution is -0.152. The molecule has 0 spiro atoms. The summed E-state index contributed by atoms with van der Waals surface area (Å²) in [5.41, 5.74) is -0.0891. The predicted octanol–water partition coefficient (Wildman–Crippen LogP) is 5.62. The summed E-state index contributed by atoms with van der Waals surface area (Å²) in [7, 11) is 1.54. The van der Waals surface area contributed by atoms with Gasteiger partial charge in [-0.3, -0.25) is 19.2 Å². The number of hydrogen-bond donors (Lipinski definition) is 2. The van der Waals surface area contributed by atoms with Gasteiger partial charge in [-0.2, -0.15) is 0 Å². The molecule has 6 rings (SSSR count). The summed E-state index contributed by atoms with van der Waals surface area (Å²) < 4.78 is 23.0. The average Bonchev–Trinajstić information content (AvgIpc) is 3.41. The van der Waals surface area contributed by atoms with E-state index in [0.717, 1.165) is 19.3 Å². The Kier molecular flexibility index (Phi) is 12.0. The first-order valence-electron chi connectivity index (χ1n) is 18.7. The van der Waals surface area contributed by atoms with Gasteiger partial charge in [0.2, 0.25) is 18.2 Å². The number of methoxy groups -OCH3 is 1. The number of rotatable bonds is 9. The molecule has 2 fully saturated rings. The van der Waals surface area contributed by atoms with E-state index in [1.807, 2.05) is 6.08 Å². The lowest BCUT2D eigenvalue weighted by Crippen LogP contribution is -2.52. The van der Waals surface area contributed by atoms with Crippen molar-refractivity contribution in [3.05, 3.63) is 35.7 Å². The predicted molar refractivity (Wildman–Crippen MR) is 204 cm³/mol. The van der Waals surface area contributed by atoms with Crippen LogP contribution < -0.4 is 20.1 Å². The number of fused-ring (bicyclic) bond motifs is 3. The molecule has 1 aromatic carbocycles. The number of esters is 1. The van der Waals surface area contributed by atoms with Gasteiger partial charge in [0.15, 0.2) is 16.6 Å². The summed E-state index contributed by atoms with van der Waals surface area (Å²) >= 11 is 1.20. The standard InChI is InChI=1S/C39H48N6O9S/c1-6-52-35(49)39-18-23(39)12-10-8-7-9-11-13-27(44-37(50)54-38(2,3)4)34(48)45-20-25(17-30(45)31(47)19-39)53-33-32(29-21-55-36(43-29)40-22-46)41-26-15-14-24(51-5)16-28(26)42-33/h10,12,14-16,21-23,25,27,30H,6-9,11,13,17-20H2,1-5H3,(H,44,50)(H,40,43,46)/b12-10-/t23?,25?,27-,30-,39+/m0/s1. The highest BCUT2D eigenvalue weighted by Gasteiger charge is 2.61. The number of nitrogens with one attached hydrogen (secondary N) is 2. The van der Waals surface area contributed by atoms with E-state index in [-0.39, 0.29) is 43.6 Å². The van der Waals surface area contributed by atoms with E-state index in [1.54, 1.807) is 58.4 Å². The van der Waals surface area contributed by atoms with Crippen molar-refractivity contribution >= 4 is 57.7 Å². The number of hydrogen-bond acceptors (Lipinski definition) is 13. The maximum Gasteiger partial charge on any atom is 0.408 e. The number of alkyl carbamates (subject to hydrolysis) is 1. The summed E-state index contributed by atoms with van der Waals surface area (Å²) in [5.74, 6) is -0.651. The number of ketones is 1. The molecule has 0 radical (unpaired) electrons. The first kappa shape index (κ1) is 39.6. The van der Waals surface area contributed by atoms with Gasteiger partial charge < -0.3 is 34.5 Å². The zero-order valence-electron chi connectivity index (χ0n) is 31.8. The van der Waals surface area contributed by atoms with E-state index < -0.39 is 47.2 Å². The smallest absolute Gasteiger partial charge is 0.408 e. The second kappa shape index (κ2) is 16.7. The van der Waals surface area contributed by atoms with Crippen LogP contribution >= 0.6 is 11.3 Å². The Labute approximate surface area is 323 Å². The van der Waals surface area contributed by atoms with Crippen LogP contribution in [0, 0.1) is 11.3 Å². The molecule has 3 aliphatic rings. The molecule has 0 bridgehead atoms. The van der Waals surface area contributed by atoms with Gasteiger partial charge >= 0.3 is 12.1 Å². The van der Waals surface area contributed by atoms with E-state index in [0.29, 0.717) is 59.0 Å². The quantitative estimate of drug-likeness (QED) is 0.155. The fraction of sp³-hybridized carbons (Fsp3) is 0.538. The highest BCUT2D eigenvalue weighted by Crippen LogP contribution is 2.57. The number of anilines is 1. The van der Waals surface area contributed by atoms with E-state index in [1.165, 1.54) is 16.2 Å². The molecule has 3 amide bonds. The maximum absolute atomic E-state index is 14.6. The number of carbonyl (C=O) groups excluding carboxylic acids is 5. The first-order valence-corrected chi connectivity index (χ1v) is 19.6. The van der Waals surface area contributed by atoms with Crippen LogP contribution in [0.4, 0.5) is 9.93 Å². The van der Waals surface area contributed by atoms with Crippen molar-refractivity contribution in [2.45, 2.75) is 103 Å². The summed E-state index contributed by atoms with van der Waals surface area (Å²) in [4.78, 5) is 82.2. The molecule has 1 aliphatic carbocycles. The van der Waals surface area contributed by atoms with Crippen LogP contribution in [0.5, 0.6) is 11.6 Å². The van der Waals surface area contributed by atoms with E-state index in [2.05, 4.69) is 21.7 Å². The van der Waals surface area contributed by atoms with Gasteiger partial charge in [0, 0.05) is 24.3 Å². The number of Topliss-reactive ketones (excluding diaryl/α,β-unsaturated/α-hetero) is 1. The monoisotopic (exact) mass is 776 g/mol. The summed E-state index contributed by atoms with van der Waals surface area (Å²) in [5, 5.41) is 7.39. The highest BCUT2D eigenvalue weighted by atomic mass is 32.1. The summed E-state index contributed by atoms with van der Waals surface area (Å²) in [6, 6.07) is 3.28. The number of benzene rings is 1. The third-order valence-corrected chi connectivity index (χ3v) is 10.8. The number of thiazole rings is 1. The van der Waals surface area contributed by atoms with Gasteiger partial charge in [-0.1, -0.05) is 25.0 Å². The van der Waals surface area contributed by atoms with Gasteiger partial charge in [-0.15, -0.1) is 11.3 Å². The molecule has 1 saturated carbocycles. The van der Waals surface area contributed by atoms with Gasteiger partial charge in [0.1, 0.15) is 29.2 Å². The first-order chi connectivity index (χ1) is 26.3. The van der Waals surface area contributed by atoms with Crippen LogP contribution in [0.1, 0.15) is 79.1 Å². The lowest BCUT2D eigenvalue weighted by atomic mass is 9.91. The molecule has 16 heteroatoms. The van der Waals surface area contributed by atoms with Crippen molar-refractivity contribution in [3.8, 4) is 23.0 Å². The summed E-state index contributed by atoms with van der Waals surface area (Å²) in [6.45, 7) is 7.13. The molecule has 4 heterocycles. The fourth-order valence-electron chi connectivity index (χ4n) is 7.24. The number of allylic oxidation sites excluding steroid dienone is 2. The van der Waals surface area contributed by atoms with Crippen molar-refractivity contribution < 1.29 is 42.9 Å². The minimum Gasteiger partial charge on any atom is -0.497 e. The number of aromatic nitrogens is 3. The molecule has 2 N–H and O–H groups in total. The average molecular weight is 777 g/mol. The zero-order valence-corrected chi connectivity index (χ0v) is 32.6. The minimum atomic E-state index is -1.01. The Morgan fingerprint density at radius 2 is 1.93 bits per heavy atom. The number of carbonyl (C=O) groups is 5. The molecule has 2 unspecified atom stereocenters. The maximum atomic E-state index is 14.6. The second-order valence-electron chi connectivity index (χ2n) is 15.1. The van der Waals surface area contributed by atoms with Crippen LogP contribution in [-0.4, -0.2) is 94.1 Å². The Balaban J connectivity index is 1.36. The molecule has 15 nitrogen and oxygen atoms in total. The third-order valence-electron chi connectivity index (χ3n) is 9.99. The Morgan fingerprint density at radius 1 is 1.11 bits per heavy atom. The van der Waals surface area contributed by atoms with Crippen molar-refractivity contribution in [2.24, 2.45) is 11.3 Å². The minimum absolute atomic E-state index is 0.0102. The molecular weight excluding hydrogens is 729 g/mol. The van der Waals surface area contributed by atoms with Gasteiger partial charge in [-0.25, -0.2) is 19.7 Å². The molecule has 3 aromatic rings. The normalized spacial score (nSPS) is 25.1. The van der Waals surface area contributed by atoms with Crippen molar-refractivity contribution in [2.75, 3.05) is 25.6 Å². The largest absolute Gasteiger partial charge is 0.497 e. The lowest BCUT2D eigenvalue weighted by Gasteiger charge is -2.30. The van der Waals surface area contributed by atoms with Crippen molar-refractivity contribution in [3.63, 3.8) is 0 Å². The van der Waals surface area contributed by atoms with E-state index >= 15 is 0 Å². The van der Waals surface area contributed by atoms with Crippen LogP contribution in [0.25, 0.3) is 22.4 Å². The molecular formula is C39H48N6O9S. The van der Waals surface area contributed by atoms with Crippen LogP contribution in [0.15, 0.2) is 35.7 Å². The molecule has 1 saturated heterocycles. The van der Waals surface area contributed by atoms with E-state index in [9.17, 15) is 24.0 Å². The van der Waals surface area contributed by atoms with Crippen molar-refractivity contribution in [1.29, 1.82) is 0 Å². The van der Waals surface area contributed by atoms with Crippen LogP contribution in [0.3, 0.4) is 0 Å². The topological polar surface area (TPSA) is 188 Å². The number of nitrogens with zero attached hydrogens (tertiary/aromatic N) is 4. The van der Waals surface area contributed by atoms with Crippen LogP contribution in [-0.2, 0) is 28.7 Å². The Hall–Kier alpha value is -5.12. The molecule has 5 atom stereocenters. The number of ether oxygens (including phenoxy) is 4. The molecule has 55 heavy (non-hydrogen) atoms. The number of amides is 3. The Bertz CT molecular complexity index is 1960. The van der Waals surface area contributed by atoms with Gasteiger partial charge in [-0.05, 0) is 71.4 Å². The fourth-order valence-corrected chi connectivity index (χ4v) is 7.89.